The first kappa shape index (κ1) is 23.6. The molecule has 3 amide bonds. The van der Waals surface area contributed by atoms with E-state index >= 15 is 0 Å². The number of esters is 1. The number of hydrogen-bond donors (Lipinski definition) is 3. The van der Waals surface area contributed by atoms with Gasteiger partial charge in [-0.3, -0.25) is 14.9 Å². The van der Waals surface area contributed by atoms with Gasteiger partial charge in [0.1, 0.15) is 6.04 Å². The number of benzene rings is 1. The molecule has 0 fully saturated rings. The minimum absolute atomic E-state index is 0.0273. The van der Waals surface area contributed by atoms with Crippen molar-refractivity contribution in [3.05, 3.63) is 29.3 Å². The molecule has 0 aromatic heterocycles. The van der Waals surface area contributed by atoms with Gasteiger partial charge in [-0.25, -0.2) is 13.2 Å². The molecule has 0 unspecified atom stereocenters. The van der Waals surface area contributed by atoms with E-state index in [1.165, 1.54) is 26.1 Å². The largest absolute Gasteiger partial charge is 0.451 e. The number of carbonyl (C=O) groups is 3. The lowest BCUT2D eigenvalue weighted by atomic mass is 10.1. The highest BCUT2D eigenvalue weighted by atomic mass is 32.2. The van der Waals surface area contributed by atoms with Gasteiger partial charge in [-0.1, -0.05) is 19.9 Å². The number of sulfonamides is 1. The number of rotatable bonds is 7. The van der Waals surface area contributed by atoms with E-state index in [2.05, 4.69) is 10.0 Å². The molecule has 0 aliphatic carbocycles. The molecule has 1 rings (SSSR count). The third-order valence-corrected chi connectivity index (χ3v) is 5.56. The summed E-state index contributed by atoms with van der Waals surface area (Å²) in [4.78, 5) is 35.5. The SMILES string of the molecule is CNC(=O)NC(=O)[C@@H](C)OC(=O)[C@H](NS(=O)(=O)c1ccc(C)c(C)c1)C(C)C. The molecule has 28 heavy (non-hydrogen) atoms. The summed E-state index contributed by atoms with van der Waals surface area (Å²) in [6, 6.07) is 2.69. The molecule has 1 aromatic rings. The van der Waals surface area contributed by atoms with Gasteiger partial charge >= 0.3 is 12.0 Å². The standard InChI is InChI=1S/C18H27N3O6S/c1-10(2)15(17(23)27-13(5)16(22)20-18(24)19-6)21-28(25,26)14-8-7-11(3)12(4)9-14/h7-10,13,15,21H,1-6H3,(H2,19,20,22,24)/t13-,15-/m1/s1. The van der Waals surface area contributed by atoms with Gasteiger partial charge in [0.25, 0.3) is 5.91 Å². The van der Waals surface area contributed by atoms with Crippen molar-refractivity contribution < 1.29 is 27.5 Å². The fourth-order valence-electron chi connectivity index (χ4n) is 2.15. The average Bonchev–Trinajstić information content (AvgIpc) is 2.61. The quantitative estimate of drug-likeness (QED) is 0.572. The van der Waals surface area contributed by atoms with Crippen LogP contribution in [0.1, 0.15) is 31.9 Å². The van der Waals surface area contributed by atoms with E-state index in [1.807, 2.05) is 12.2 Å². The molecule has 156 valence electrons. The van der Waals surface area contributed by atoms with Gasteiger partial charge in [-0.05, 0) is 49.9 Å². The lowest BCUT2D eigenvalue weighted by Crippen LogP contribution is -2.49. The van der Waals surface area contributed by atoms with Crippen molar-refractivity contribution in [2.75, 3.05) is 7.05 Å². The Morgan fingerprint density at radius 3 is 2.14 bits per heavy atom. The van der Waals surface area contributed by atoms with E-state index in [9.17, 15) is 22.8 Å². The zero-order valence-corrected chi connectivity index (χ0v) is 17.6. The Bertz CT molecular complexity index is 851. The number of nitrogens with one attached hydrogen (secondary N) is 3. The predicted octanol–water partition coefficient (Wildman–Crippen LogP) is 0.994. The zero-order chi connectivity index (χ0) is 21.6. The second kappa shape index (κ2) is 9.65. The van der Waals surface area contributed by atoms with Crippen LogP contribution in [0.4, 0.5) is 4.79 Å². The number of imide groups is 1. The lowest BCUT2D eigenvalue weighted by molar-refractivity contribution is -0.157. The van der Waals surface area contributed by atoms with Crippen LogP contribution in [-0.2, 0) is 24.3 Å². The molecule has 0 aliphatic heterocycles. The molecular formula is C18H27N3O6S. The predicted molar refractivity (Wildman–Crippen MR) is 103 cm³/mol. The smallest absolute Gasteiger partial charge is 0.325 e. The van der Waals surface area contributed by atoms with E-state index in [0.29, 0.717) is 0 Å². The van der Waals surface area contributed by atoms with Crippen molar-refractivity contribution in [3.63, 3.8) is 0 Å². The molecule has 0 saturated carbocycles. The molecule has 0 bridgehead atoms. The average molecular weight is 413 g/mol. The van der Waals surface area contributed by atoms with Gasteiger partial charge < -0.3 is 10.1 Å². The summed E-state index contributed by atoms with van der Waals surface area (Å²) in [5.41, 5.74) is 1.74. The van der Waals surface area contributed by atoms with Gasteiger partial charge in [-0.15, -0.1) is 0 Å². The molecule has 3 N–H and O–H groups in total. The van der Waals surface area contributed by atoms with E-state index in [-0.39, 0.29) is 4.90 Å². The molecule has 0 heterocycles. The molecule has 0 radical (unpaired) electrons. The Labute approximate surface area is 165 Å². The van der Waals surface area contributed by atoms with Crippen molar-refractivity contribution in [3.8, 4) is 0 Å². The normalized spacial score (nSPS) is 13.5. The van der Waals surface area contributed by atoms with Gasteiger partial charge in [-0.2, -0.15) is 4.72 Å². The fourth-order valence-corrected chi connectivity index (χ4v) is 3.57. The van der Waals surface area contributed by atoms with E-state index in [1.54, 1.807) is 26.8 Å². The maximum absolute atomic E-state index is 12.7. The number of ether oxygens (including phenoxy) is 1. The van der Waals surface area contributed by atoms with Crippen molar-refractivity contribution in [1.82, 2.24) is 15.4 Å². The third kappa shape index (κ3) is 6.31. The Hall–Kier alpha value is -2.46. The van der Waals surface area contributed by atoms with E-state index in [4.69, 9.17) is 4.74 Å². The summed E-state index contributed by atoms with van der Waals surface area (Å²) < 4.78 is 32.7. The third-order valence-electron chi connectivity index (χ3n) is 4.12. The highest BCUT2D eigenvalue weighted by Gasteiger charge is 2.32. The topological polar surface area (TPSA) is 131 Å². The number of urea groups is 1. The van der Waals surface area contributed by atoms with Crippen LogP contribution in [0.2, 0.25) is 0 Å². The first-order valence-corrected chi connectivity index (χ1v) is 10.2. The maximum Gasteiger partial charge on any atom is 0.325 e. The minimum Gasteiger partial charge on any atom is -0.451 e. The summed E-state index contributed by atoms with van der Waals surface area (Å²) in [5, 5.41) is 4.18. The van der Waals surface area contributed by atoms with Crippen LogP contribution in [-0.4, -0.2) is 45.5 Å². The summed E-state index contributed by atoms with van der Waals surface area (Å²) in [5.74, 6) is -2.18. The van der Waals surface area contributed by atoms with Crippen LogP contribution in [0.5, 0.6) is 0 Å². The lowest BCUT2D eigenvalue weighted by Gasteiger charge is -2.23. The molecule has 1 aromatic carbocycles. The van der Waals surface area contributed by atoms with Crippen molar-refractivity contribution in [2.24, 2.45) is 5.92 Å². The summed E-state index contributed by atoms with van der Waals surface area (Å²) in [6.45, 7) is 8.22. The van der Waals surface area contributed by atoms with Crippen molar-refractivity contribution in [1.29, 1.82) is 0 Å². The minimum atomic E-state index is -3.98. The van der Waals surface area contributed by atoms with Crippen LogP contribution in [0, 0.1) is 19.8 Å². The number of aryl methyl sites for hydroxylation is 2. The van der Waals surface area contributed by atoms with Gasteiger partial charge in [0, 0.05) is 7.05 Å². The van der Waals surface area contributed by atoms with Gasteiger partial charge in [0.2, 0.25) is 10.0 Å². The van der Waals surface area contributed by atoms with Crippen LogP contribution in [0.25, 0.3) is 0 Å². The van der Waals surface area contributed by atoms with Gasteiger partial charge in [0.05, 0.1) is 4.90 Å². The molecule has 2 atom stereocenters. The van der Waals surface area contributed by atoms with Crippen molar-refractivity contribution >= 4 is 27.9 Å². The summed E-state index contributed by atoms with van der Waals surface area (Å²) in [6.07, 6.45) is -1.28. The number of hydrogen-bond acceptors (Lipinski definition) is 6. The molecule has 0 aliphatic rings. The molecule has 9 nitrogen and oxygen atoms in total. The van der Waals surface area contributed by atoms with Crippen LogP contribution in [0.15, 0.2) is 23.1 Å². The molecular weight excluding hydrogens is 386 g/mol. The fraction of sp³-hybridized carbons (Fsp3) is 0.500. The first-order valence-electron chi connectivity index (χ1n) is 8.71. The second-order valence-electron chi connectivity index (χ2n) is 6.74. The van der Waals surface area contributed by atoms with E-state index < -0.39 is 46.0 Å². The van der Waals surface area contributed by atoms with Gasteiger partial charge in [0.15, 0.2) is 6.10 Å². The maximum atomic E-state index is 12.7. The summed E-state index contributed by atoms with van der Waals surface area (Å²) >= 11 is 0. The zero-order valence-electron chi connectivity index (χ0n) is 16.8. The highest BCUT2D eigenvalue weighted by molar-refractivity contribution is 7.89. The number of amides is 3. The highest BCUT2D eigenvalue weighted by Crippen LogP contribution is 2.17. The molecule has 10 heteroatoms. The van der Waals surface area contributed by atoms with Crippen LogP contribution < -0.4 is 15.4 Å². The Balaban J connectivity index is 2.94. The summed E-state index contributed by atoms with van der Waals surface area (Å²) in [7, 11) is -2.65. The molecule has 0 saturated heterocycles. The molecule has 0 spiro atoms. The monoisotopic (exact) mass is 413 g/mol. The first-order chi connectivity index (χ1) is 12.9. The van der Waals surface area contributed by atoms with Crippen molar-refractivity contribution in [2.45, 2.75) is 51.7 Å². The van der Waals surface area contributed by atoms with E-state index in [0.717, 1.165) is 11.1 Å². The second-order valence-corrected chi connectivity index (χ2v) is 8.45. The Morgan fingerprint density at radius 1 is 1.04 bits per heavy atom. The van der Waals surface area contributed by atoms with Crippen LogP contribution in [0.3, 0.4) is 0 Å². The Morgan fingerprint density at radius 2 is 1.64 bits per heavy atom. The van der Waals surface area contributed by atoms with Crippen LogP contribution >= 0.6 is 0 Å². The number of carbonyl (C=O) groups excluding carboxylic acids is 3. The Kier molecular flexibility index (Phi) is 8.13.